The molecule has 1 aromatic heterocycles. The minimum absolute atomic E-state index is 0.110. The molecule has 162 valence electrons. The zero-order chi connectivity index (χ0) is 23.0. The number of nitro groups is 1. The van der Waals surface area contributed by atoms with Crippen LogP contribution in [-0.2, 0) is 0 Å². The van der Waals surface area contributed by atoms with Crippen LogP contribution in [0.3, 0.4) is 0 Å². The van der Waals surface area contributed by atoms with Crippen molar-refractivity contribution in [1.82, 2.24) is 4.98 Å². The number of hydrogen-bond acceptors (Lipinski definition) is 5. The van der Waals surface area contributed by atoms with Gasteiger partial charge in [0.2, 0.25) is 5.89 Å². The van der Waals surface area contributed by atoms with Gasteiger partial charge in [0.15, 0.2) is 5.58 Å². The summed E-state index contributed by atoms with van der Waals surface area (Å²) in [6, 6.07) is 15.2. The van der Waals surface area contributed by atoms with E-state index in [4.69, 9.17) is 16.0 Å². The average Bonchev–Trinajstić information content (AvgIpc) is 3.18. The van der Waals surface area contributed by atoms with Gasteiger partial charge in [0.1, 0.15) is 5.52 Å². The van der Waals surface area contributed by atoms with Gasteiger partial charge in [-0.2, -0.15) is 0 Å². The topological polar surface area (TPSA) is 98.3 Å². The second kappa shape index (κ2) is 8.43. The molecular weight excluding hydrogens is 430 g/mol. The zero-order valence-electron chi connectivity index (χ0n) is 17.7. The van der Waals surface area contributed by atoms with E-state index in [-0.39, 0.29) is 11.3 Å². The van der Waals surface area contributed by atoms with Crippen LogP contribution >= 0.6 is 11.6 Å². The van der Waals surface area contributed by atoms with E-state index in [9.17, 15) is 14.9 Å². The number of hydrogen-bond donors (Lipinski definition) is 1. The molecule has 0 saturated carbocycles. The first-order valence-corrected chi connectivity index (χ1v) is 10.4. The van der Waals surface area contributed by atoms with E-state index in [1.54, 1.807) is 37.3 Å². The lowest BCUT2D eigenvalue weighted by molar-refractivity contribution is -0.385. The number of carbonyl (C=O) groups is 1. The average molecular weight is 450 g/mol. The highest BCUT2D eigenvalue weighted by atomic mass is 35.5. The zero-order valence-corrected chi connectivity index (χ0v) is 18.4. The van der Waals surface area contributed by atoms with Crippen LogP contribution in [0.1, 0.15) is 41.3 Å². The van der Waals surface area contributed by atoms with Gasteiger partial charge in [-0.1, -0.05) is 37.6 Å². The summed E-state index contributed by atoms with van der Waals surface area (Å²) in [4.78, 5) is 27.9. The number of aromatic nitrogens is 1. The van der Waals surface area contributed by atoms with Crippen LogP contribution in [0.4, 0.5) is 11.4 Å². The van der Waals surface area contributed by atoms with Gasteiger partial charge >= 0.3 is 0 Å². The SMILES string of the molecule is Cc1ccc(C(=O)Nc2ccc(Cl)c(-c3nc4cc(C(C)C)ccc4o3)c2)cc1[N+](=O)[O-]. The van der Waals surface area contributed by atoms with E-state index in [0.29, 0.717) is 39.2 Å². The number of anilines is 1. The van der Waals surface area contributed by atoms with Crippen molar-refractivity contribution in [3.63, 3.8) is 0 Å². The van der Waals surface area contributed by atoms with E-state index in [2.05, 4.69) is 24.1 Å². The van der Waals surface area contributed by atoms with Gasteiger partial charge in [-0.3, -0.25) is 14.9 Å². The molecule has 0 fully saturated rings. The van der Waals surface area contributed by atoms with E-state index in [1.165, 1.54) is 6.07 Å². The number of fused-ring (bicyclic) bond motifs is 1. The summed E-state index contributed by atoms with van der Waals surface area (Å²) in [6.07, 6.45) is 0. The molecular formula is C24H20ClN3O4. The highest BCUT2D eigenvalue weighted by molar-refractivity contribution is 6.33. The molecule has 8 heteroatoms. The smallest absolute Gasteiger partial charge is 0.273 e. The van der Waals surface area contributed by atoms with Crippen molar-refractivity contribution in [2.75, 3.05) is 5.32 Å². The molecule has 0 aliphatic rings. The monoisotopic (exact) mass is 449 g/mol. The van der Waals surface area contributed by atoms with Crippen molar-refractivity contribution >= 4 is 40.0 Å². The Morgan fingerprint density at radius 1 is 1.12 bits per heavy atom. The minimum atomic E-state index is -0.509. The maximum Gasteiger partial charge on any atom is 0.273 e. The Morgan fingerprint density at radius 3 is 2.62 bits per heavy atom. The molecule has 0 spiro atoms. The van der Waals surface area contributed by atoms with Crippen LogP contribution in [0, 0.1) is 17.0 Å². The summed E-state index contributed by atoms with van der Waals surface area (Å²) in [5, 5.41) is 14.3. The van der Waals surface area contributed by atoms with Crippen LogP contribution in [0.5, 0.6) is 0 Å². The van der Waals surface area contributed by atoms with Crippen LogP contribution in [0.2, 0.25) is 5.02 Å². The minimum Gasteiger partial charge on any atom is -0.436 e. The Bertz CT molecular complexity index is 1360. The maximum atomic E-state index is 12.7. The van der Waals surface area contributed by atoms with Crippen LogP contribution in [0.25, 0.3) is 22.6 Å². The predicted octanol–water partition coefficient (Wildman–Crippen LogP) is 6.74. The third kappa shape index (κ3) is 4.20. The number of amides is 1. The van der Waals surface area contributed by atoms with Crippen molar-refractivity contribution in [3.05, 3.63) is 86.4 Å². The Labute approximate surface area is 189 Å². The molecule has 0 saturated heterocycles. The lowest BCUT2D eigenvalue weighted by atomic mass is 10.0. The molecule has 7 nitrogen and oxygen atoms in total. The van der Waals surface area contributed by atoms with Crippen LogP contribution in [-0.4, -0.2) is 15.8 Å². The van der Waals surface area contributed by atoms with Gasteiger partial charge in [0.25, 0.3) is 11.6 Å². The van der Waals surface area contributed by atoms with Gasteiger partial charge in [-0.25, -0.2) is 4.98 Å². The lowest BCUT2D eigenvalue weighted by Crippen LogP contribution is -2.12. The molecule has 0 atom stereocenters. The first-order valence-electron chi connectivity index (χ1n) is 9.99. The number of halogens is 1. The predicted molar refractivity (Wildman–Crippen MR) is 124 cm³/mol. The molecule has 4 aromatic rings. The molecule has 3 aromatic carbocycles. The fourth-order valence-corrected chi connectivity index (χ4v) is 3.53. The molecule has 0 aliphatic heterocycles. The maximum absolute atomic E-state index is 12.7. The van der Waals surface area contributed by atoms with E-state index < -0.39 is 10.8 Å². The number of oxazole rings is 1. The molecule has 1 N–H and O–H groups in total. The molecule has 0 aliphatic carbocycles. The van der Waals surface area contributed by atoms with E-state index >= 15 is 0 Å². The molecule has 32 heavy (non-hydrogen) atoms. The highest BCUT2D eigenvalue weighted by Crippen LogP contribution is 2.33. The number of aryl methyl sites for hydroxylation is 1. The quantitative estimate of drug-likeness (QED) is 0.268. The number of nitro benzene ring substituents is 1. The number of benzene rings is 3. The lowest BCUT2D eigenvalue weighted by Gasteiger charge is -2.08. The first kappa shape index (κ1) is 21.5. The third-order valence-electron chi connectivity index (χ3n) is 5.20. The summed E-state index contributed by atoms with van der Waals surface area (Å²) in [6.45, 7) is 5.83. The summed E-state index contributed by atoms with van der Waals surface area (Å²) in [7, 11) is 0. The van der Waals surface area contributed by atoms with E-state index in [0.717, 1.165) is 11.1 Å². The number of carbonyl (C=O) groups excluding carboxylic acids is 1. The van der Waals surface area contributed by atoms with Crippen molar-refractivity contribution in [3.8, 4) is 11.5 Å². The molecule has 0 unspecified atom stereocenters. The van der Waals surface area contributed by atoms with Crippen molar-refractivity contribution in [2.24, 2.45) is 0 Å². The Balaban J connectivity index is 1.65. The Hall–Kier alpha value is -3.71. The van der Waals surface area contributed by atoms with Crippen molar-refractivity contribution < 1.29 is 14.1 Å². The second-order valence-corrected chi connectivity index (χ2v) is 8.22. The van der Waals surface area contributed by atoms with E-state index in [1.807, 2.05) is 18.2 Å². The number of rotatable bonds is 5. The number of nitrogens with zero attached hydrogens (tertiary/aromatic N) is 2. The standard InChI is InChI=1S/C24H20ClN3O4/c1-13(2)15-6-9-22-20(10-15)27-24(32-22)18-12-17(7-8-19(18)25)26-23(29)16-5-4-14(3)21(11-16)28(30)31/h4-13H,1-3H3,(H,26,29). The van der Waals surface area contributed by atoms with Gasteiger partial charge in [-0.05, 0) is 54.8 Å². The number of nitrogens with one attached hydrogen (secondary N) is 1. The fraction of sp³-hybridized carbons (Fsp3) is 0.167. The molecule has 0 bridgehead atoms. The van der Waals surface area contributed by atoms with Gasteiger partial charge in [-0.15, -0.1) is 0 Å². The van der Waals surface area contributed by atoms with Crippen molar-refractivity contribution in [2.45, 2.75) is 26.7 Å². The molecule has 0 radical (unpaired) electrons. The fourth-order valence-electron chi connectivity index (χ4n) is 3.34. The highest BCUT2D eigenvalue weighted by Gasteiger charge is 2.17. The second-order valence-electron chi connectivity index (χ2n) is 7.81. The van der Waals surface area contributed by atoms with Gasteiger partial charge in [0, 0.05) is 22.9 Å². The molecule has 1 heterocycles. The van der Waals surface area contributed by atoms with Crippen LogP contribution in [0.15, 0.2) is 59.0 Å². The molecule has 4 rings (SSSR count). The first-order chi connectivity index (χ1) is 15.2. The van der Waals surface area contributed by atoms with Crippen molar-refractivity contribution in [1.29, 1.82) is 0 Å². The Morgan fingerprint density at radius 2 is 1.91 bits per heavy atom. The van der Waals surface area contributed by atoms with Gasteiger partial charge < -0.3 is 9.73 Å². The summed E-state index contributed by atoms with van der Waals surface area (Å²) in [5.41, 5.74) is 4.06. The van der Waals surface area contributed by atoms with Gasteiger partial charge in [0.05, 0.1) is 15.5 Å². The van der Waals surface area contributed by atoms with Crippen LogP contribution < -0.4 is 5.32 Å². The molecule has 1 amide bonds. The Kier molecular flexibility index (Phi) is 5.67. The summed E-state index contributed by atoms with van der Waals surface area (Å²) in [5.74, 6) is 0.229. The largest absolute Gasteiger partial charge is 0.436 e. The normalized spacial score (nSPS) is 11.2. The summed E-state index contributed by atoms with van der Waals surface area (Å²) < 4.78 is 5.89. The third-order valence-corrected chi connectivity index (χ3v) is 5.53. The summed E-state index contributed by atoms with van der Waals surface area (Å²) >= 11 is 6.38.